The van der Waals surface area contributed by atoms with Gasteiger partial charge in [0.15, 0.2) is 5.65 Å². The highest BCUT2D eigenvalue weighted by molar-refractivity contribution is 5.86. The number of nitrogens with one attached hydrogen (secondary N) is 2. The normalized spacial score (nSPS) is 12.4. The van der Waals surface area contributed by atoms with Gasteiger partial charge in [-0.05, 0) is 63.0 Å². The van der Waals surface area contributed by atoms with E-state index in [0.717, 1.165) is 41.2 Å². The molecule has 38 heavy (non-hydrogen) atoms. The Labute approximate surface area is 224 Å². The lowest BCUT2D eigenvalue weighted by Gasteiger charge is -2.33. The van der Waals surface area contributed by atoms with Crippen molar-refractivity contribution in [2.24, 2.45) is 0 Å². The maximum Gasteiger partial charge on any atom is 0.280 e. The van der Waals surface area contributed by atoms with E-state index in [4.69, 9.17) is 4.74 Å². The first-order chi connectivity index (χ1) is 18.5. The van der Waals surface area contributed by atoms with Crippen LogP contribution in [-0.4, -0.2) is 66.8 Å². The molecular weight excluding hydrogens is 478 g/mol. The molecule has 0 bridgehead atoms. The fourth-order valence-electron chi connectivity index (χ4n) is 4.44. The number of fused-ring (bicyclic) bond motifs is 2. The van der Waals surface area contributed by atoms with Gasteiger partial charge in [-0.1, -0.05) is 26.0 Å². The minimum absolute atomic E-state index is 0.140. The molecule has 0 aliphatic carbocycles. The Kier molecular flexibility index (Phi) is 8.48. The number of hydrogen-bond acceptors (Lipinski definition) is 8. The van der Waals surface area contributed by atoms with Crippen LogP contribution < -0.4 is 25.8 Å². The smallest absolute Gasteiger partial charge is 0.280 e. The summed E-state index contributed by atoms with van der Waals surface area (Å²) in [5.74, 6) is 1.21. The van der Waals surface area contributed by atoms with E-state index >= 15 is 0 Å². The second-order valence-electron chi connectivity index (χ2n) is 9.09. The SMILES string of the molecule is CC.CNc1ncc2cc(N3CCNc4c(C)cccc43)c(=O)n(-c3ccc(OCCN(C)C)cc3)c2n1. The number of likely N-dealkylation sites (N-methyl/N-ethyl adjacent to an activating group) is 1. The second kappa shape index (κ2) is 12.0. The molecule has 0 atom stereocenters. The lowest BCUT2D eigenvalue weighted by Crippen LogP contribution is -2.35. The van der Waals surface area contributed by atoms with Gasteiger partial charge in [0, 0.05) is 38.3 Å². The highest BCUT2D eigenvalue weighted by Crippen LogP contribution is 2.36. The van der Waals surface area contributed by atoms with Crippen molar-refractivity contribution in [2.45, 2.75) is 20.8 Å². The maximum atomic E-state index is 14.1. The lowest BCUT2D eigenvalue weighted by atomic mass is 10.1. The summed E-state index contributed by atoms with van der Waals surface area (Å²) >= 11 is 0. The van der Waals surface area contributed by atoms with Gasteiger partial charge < -0.3 is 25.2 Å². The van der Waals surface area contributed by atoms with E-state index in [0.29, 0.717) is 36.1 Å². The first-order valence-electron chi connectivity index (χ1n) is 13.1. The van der Waals surface area contributed by atoms with Crippen LogP contribution in [0.25, 0.3) is 16.7 Å². The van der Waals surface area contributed by atoms with Crippen molar-refractivity contribution in [1.29, 1.82) is 0 Å². The largest absolute Gasteiger partial charge is 0.492 e. The van der Waals surface area contributed by atoms with Gasteiger partial charge in [0.1, 0.15) is 18.0 Å². The molecule has 3 heterocycles. The number of pyridine rings is 1. The fourth-order valence-corrected chi connectivity index (χ4v) is 4.44. The molecule has 2 aromatic heterocycles. The quantitative estimate of drug-likeness (QED) is 0.368. The first-order valence-corrected chi connectivity index (χ1v) is 13.1. The second-order valence-corrected chi connectivity index (χ2v) is 9.09. The summed E-state index contributed by atoms with van der Waals surface area (Å²) in [5, 5.41) is 7.23. The monoisotopic (exact) mass is 515 g/mol. The number of aromatic nitrogens is 3. The van der Waals surface area contributed by atoms with Crippen molar-refractivity contribution in [2.75, 3.05) is 62.9 Å². The predicted molar refractivity (Wildman–Crippen MR) is 157 cm³/mol. The molecule has 1 aliphatic heterocycles. The third kappa shape index (κ3) is 5.43. The Hall–Kier alpha value is -4.11. The summed E-state index contributed by atoms with van der Waals surface area (Å²) in [4.78, 5) is 27.3. The van der Waals surface area contributed by atoms with E-state index in [-0.39, 0.29) is 5.56 Å². The molecule has 1 aliphatic rings. The Morgan fingerprint density at radius 2 is 1.87 bits per heavy atom. The van der Waals surface area contributed by atoms with E-state index in [1.807, 2.05) is 70.4 Å². The molecule has 0 radical (unpaired) electrons. The topological polar surface area (TPSA) is 87.5 Å². The average molecular weight is 516 g/mol. The van der Waals surface area contributed by atoms with Crippen molar-refractivity contribution in [3.05, 3.63) is 70.6 Å². The van der Waals surface area contributed by atoms with Crippen molar-refractivity contribution in [3.8, 4) is 11.4 Å². The molecule has 9 heteroatoms. The predicted octanol–water partition coefficient (Wildman–Crippen LogP) is 4.66. The zero-order valence-corrected chi connectivity index (χ0v) is 23.1. The number of hydrogen-bond donors (Lipinski definition) is 2. The zero-order valence-electron chi connectivity index (χ0n) is 23.1. The number of para-hydroxylation sites is 1. The van der Waals surface area contributed by atoms with Crippen molar-refractivity contribution in [3.63, 3.8) is 0 Å². The van der Waals surface area contributed by atoms with Crippen LogP contribution >= 0.6 is 0 Å². The number of ether oxygens (including phenoxy) is 1. The third-order valence-electron chi connectivity index (χ3n) is 6.32. The number of aryl methyl sites for hydroxylation is 1. The third-order valence-corrected chi connectivity index (χ3v) is 6.32. The fraction of sp³-hybridized carbons (Fsp3) is 0.345. The van der Waals surface area contributed by atoms with Crippen LogP contribution in [0, 0.1) is 6.92 Å². The summed E-state index contributed by atoms with van der Waals surface area (Å²) in [6, 6.07) is 15.6. The minimum Gasteiger partial charge on any atom is -0.492 e. The minimum atomic E-state index is -0.140. The number of benzene rings is 2. The molecule has 0 saturated heterocycles. The van der Waals surface area contributed by atoms with E-state index in [1.54, 1.807) is 17.8 Å². The van der Waals surface area contributed by atoms with E-state index < -0.39 is 0 Å². The average Bonchev–Trinajstić information content (AvgIpc) is 2.94. The Morgan fingerprint density at radius 3 is 2.58 bits per heavy atom. The summed E-state index contributed by atoms with van der Waals surface area (Å²) in [6.07, 6.45) is 1.76. The van der Waals surface area contributed by atoms with Gasteiger partial charge in [0.05, 0.1) is 17.1 Å². The van der Waals surface area contributed by atoms with Gasteiger partial charge in [-0.2, -0.15) is 4.98 Å². The highest BCUT2D eigenvalue weighted by atomic mass is 16.5. The van der Waals surface area contributed by atoms with Crippen molar-refractivity contribution >= 4 is 34.0 Å². The Morgan fingerprint density at radius 1 is 1.11 bits per heavy atom. The molecule has 0 spiro atoms. The summed E-state index contributed by atoms with van der Waals surface area (Å²) in [7, 11) is 5.78. The molecule has 200 valence electrons. The molecule has 0 unspecified atom stereocenters. The van der Waals surface area contributed by atoms with E-state index in [9.17, 15) is 4.79 Å². The van der Waals surface area contributed by atoms with Crippen LogP contribution in [-0.2, 0) is 0 Å². The lowest BCUT2D eigenvalue weighted by molar-refractivity contribution is 0.261. The number of anilines is 4. The molecule has 5 rings (SSSR count). The van der Waals surface area contributed by atoms with Crippen LogP contribution in [0.3, 0.4) is 0 Å². The first kappa shape index (κ1) is 26.9. The van der Waals surface area contributed by atoms with Gasteiger partial charge in [-0.15, -0.1) is 0 Å². The molecule has 0 fully saturated rings. The van der Waals surface area contributed by atoms with E-state index in [1.165, 1.54) is 0 Å². The van der Waals surface area contributed by atoms with Crippen LogP contribution in [0.2, 0.25) is 0 Å². The van der Waals surface area contributed by atoms with Crippen LogP contribution in [0.4, 0.5) is 23.0 Å². The van der Waals surface area contributed by atoms with Gasteiger partial charge in [-0.3, -0.25) is 9.36 Å². The van der Waals surface area contributed by atoms with Crippen molar-refractivity contribution < 1.29 is 4.74 Å². The summed E-state index contributed by atoms with van der Waals surface area (Å²) < 4.78 is 7.51. The molecule has 2 aromatic carbocycles. The number of nitrogens with zero attached hydrogens (tertiary/aromatic N) is 5. The Balaban J connectivity index is 0.00000164. The summed E-state index contributed by atoms with van der Waals surface area (Å²) in [5.41, 5.74) is 4.89. The molecule has 0 amide bonds. The summed E-state index contributed by atoms with van der Waals surface area (Å²) in [6.45, 7) is 8.90. The van der Waals surface area contributed by atoms with Gasteiger partial charge in [-0.25, -0.2) is 4.98 Å². The Bertz CT molecular complexity index is 1450. The van der Waals surface area contributed by atoms with E-state index in [2.05, 4.69) is 43.4 Å². The number of rotatable bonds is 7. The highest BCUT2D eigenvalue weighted by Gasteiger charge is 2.24. The van der Waals surface area contributed by atoms with Gasteiger partial charge in [0.25, 0.3) is 5.56 Å². The van der Waals surface area contributed by atoms with Crippen LogP contribution in [0.1, 0.15) is 19.4 Å². The zero-order chi connectivity index (χ0) is 27.2. The standard InChI is InChI=1S/C27H31N7O2.C2H6/c1-18-6-5-7-22-24(18)29-12-13-33(22)23-16-19-17-30-27(28-2)31-25(19)34(26(23)35)20-8-10-21(11-9-20)36-15-14-32(3)4;1-2/h5-11,16-17,29H,12-15H2,1-4H3,(H,28,30,31);1-2H3. The molecule has 4 aromatic rings. The maximum absolute atomic E-state index is 14.1. The molecule has 0 saturated carbocycles. The molecule has 2 N–H and O–H groups in total. The van der Waals surface area contributed by atoms with Crippen molar-refractivity contribution in [1.82, 2.24) is 19.4 Å². The van der Waals surface area contributed by atoms with Crippen LogP contribution in [0.5, 0.6) is 5.75 Å². The molecular formula is C29H37N7O2. The van der Waals surface area contributed by atoms with Gasteiger partial charge in [0.2, 0.25) is 5.95 Å². The molecule has 9 nitrogen and oxygen atoms in total. The van der Waals surface area contributed by atoms with Gasteiger partial charge >= 0.3 is 0 Å². The van der Waals surface area contributed by atoms with Crippen LogP contribution in [0.15, 0.2) is 59.5 Å².